The molecule has 1 saturated carbocycles. The summed E-state index contributed by atoms with van der Waals surface area (Å²) in [5.41, 5.74) is 2.78. The summed E-state index contributed by atoms with van der Waals surface area (Å²) in [7, 11) is 2.19. The zero-order chi connectivity index (χ0) is 14.0. The van der Waals surface area contributed by atoms with Crippen LogP contribution in [-0.4, -0.2) is 19.1 Å². The maximum Gasteiger partial charge on any atom is 0.0508 e. The van der Waals surface area contributed by atoms with Crippen molar-refractivity contribution in [3.05, 3.63) is 28.2 Å². The van der Waals surface area contributed by atoms with Crippen molar-refractivity contribution in [2.24, 2.45) is 5.92 Å². The molecule has 0 amide bonds. The minimum Gasteiger partial charge on any atom is -0.373 e. The molecule has 0 atom stereocenters. The van der Waals surface area contributed by atoms with Gasteiger partial charge in [-0.15, -0.1) is 0 Å². The first kappa shape index (κ1) is 14.9. The highest BCUT2D eigenvalue weighted by molar-refractivity contribution is 9.10. The molecule has 1 aromatic carbocycles. The van der Waals surface area contributed by atoms with Crippen LogP contribution in [0.25, 0.3) is 0 Å². The number of nitrogens with zero attached hydrogens (tertiary/aromatic N) is 1. The molecule has 0 bridgehead atoms. The number of halogens is 1. The molecule has 3 heteroatoms. The molecule has 1 fully saturated rings. The molecule has 2 nitrogen and oxygen atoms in total. The van der Waals surface area contributed by atoms with Crippen LogP contribution in [0.15, 0.2) is 22.7 Å². The molecular weight excluding hydrogens is 300 g/mol. The van der Waals surface area contributed by atoms with E-state index in [9.17, 15) is 0 Å². The van der Waals surface area contributed by atoms with Crippen LogP contribution >= 0.6 is 15.9 Å². The van der Waals surface area contributed by atoms with Gasteiger partial charge in [0.2, 0.25) is 0 Å². The van der Waals surface area contributed by atoms with E-state index in [1.807, 2.05) is 0 Å². The Balaban J connectivity index is 1.99. The largest absolute Gasteiger partial charge is 0.373 e. The molecule has 0 radical (unpaired) electrons. The molecule has 0 aromatic heterocycles. The van der Waals surface area contributed by atoms with E-state index in [2.05, 4.69) is 72.2 Å². The highest BCUT2D eigenvalue weighted by Gasteiger charge is 2.23. The zero-order valence-corrected chi connectivity index (χ0v) is 14.0. The second-order valence-corrected chi connectivity index (χ2v) is 7.57. The summed E-state index contributed by atoms with van der Waals surface area (Å²) in [5, 5.41) is 3.52. The van der Waals surface area contributed by atoms with Crippen LogP contribution in [0.2, 0.25) is 0 Å². The first-order valence-corrected chi connectivity index (χ1v) is 7.89. The average Bonchev–Trinajstić information content (AvgIpc) is 3.09. The molecule has 0 spiro atoms. The first-order valence-electron chi connectivity index (χ1n) is 7.10. The molecule has 0 saturated heterocycles. The molecular formula is C16H25BrN2. The van der Waals surface area contributed by atoms with E-state index < -0.39 is 0 Å². The number of benzene rings is 1. The Labute approximate surface area is 125 Å². The van der Waals surface area contributed by atoms with Crippen molar-refractivity contribution in [3.63, 3.8) is 0 Å². The normalized spacial score (nSPS) is 15.6. The van der Waals surface area contributed by atoms with Crippen LogP contribution in [0.1, 0.15) is 39.2 Å². The number of anilines is 1. The summed E-state index contributed by atoms with van der Waals surface area (Å²) >= 11 is 3.71. The maximum atomic E-state index is 3.71. The number of hydrogen-bond acceptors (Lipinski definition) is 2. The Bertz CT molecular complexity index is 433. The van der Waals surface area contributed by atoms with Gasteiger partial charge in [-0.2, -0.15) is 0 Å². The van der Waals surface area contributed by atoms with Crippen molar-refractivity contribution in [3.8, 4) is 0 Å². The zero-order valence-electron chi connectivity index (χ0n) is 12.5. The van der Waals surface area contributed by atoms with E-state index in [1.165, 1.54) is 35.1 Å². The van der Waals surface area contributed by atoms with Gasteiger partial charge in [-0.25, -0.2) is 0 Å². The van der Waals surface area contributed by atoms with Crippen molar-refractivity contribution < 1.29 is 0 Å². The van der Waals surface area contributed by atoms with Crippen LogP contribution in [0.4, 0.5) is 5.69 Å². The van der Waals surface area contributed by atoms with Gasteiger partial charge in [0.1, 0.15) is 0 Å². The van der Waals surface area contributed by atoms with Crippen LogP contribution in [-0.2, 0) is 6.54 Å². The van der Waals surface area contributed by atoms with Crippen molar-refractivity contribution in [2.45, 2.75) is 45.7 Å². The predicted molar refractivity (Wildman–Crippen MR) is 86.7 cm³/mol. The van der Waals surface area contributed by atoms with E-state index in [-0.39, 0.29) is 5.54 Å². The molecule has 2 rings (SSSR count). The molecule has 0 heterocycles. The fraction of sp³-hybridized carbons (Fsp3) is 0.625. The summed E-state index contributed by atoms with van der Waals surface area (Å²) in [6, 6.07) is 6.69. The Morgan fingerprint density at radius 1 is 1.32 bits per heavy atom. The lowest BCUT2D eigenvalue weighted by Crippen LogP contribution is -2.35. The molecule has 19 heavy (non-hydrogen) atoms. The van der Waals surface area contributed by atoms with Crippen molar-refractivity contribution in [2.75, 3.05) is 18.5 Å². The summed E-state index contributed by atoms with van der Waals surface area (Å²) in [6.45, 7) is 8.67. The Morgan fingerprint density at radius 2 is 2.00 bits per heavy atom. The second kappa shape index (κ2) is 5.84. The summed E-state index contributed by atoms with van der Waals surface area (Å²) in [6.07, 6.45) is 2.80. The van der Waals surface area contributed by atoms with Gasteiger partial charge >= 0.3 is 0 Å². The van der Waals surface area contributed by atoms with Gasteiger partial charge in [0.15, 0.2) is 0 Å². The van der Waals surface area contributed by atoms with Gasteiger partial charge in [-0.05, 0) is 73.2 Å². The molecule has 1 aromatic rings. The number of hydrogen-bond donors (Lipinski definition) is 1. The molecule has 106 valence electrons. The second-order valence-electron chi connectivity index (χ2n) is 6.71. The standard InChI is InChI=1S/C16H25BrN2/c1-16(2,3)18-10-13-7-8-15(14(17)9-13)19(4)11-12-5-6-12/h7-9,12,18H,5-6,10-11H2,1-4H3. The molecule has 1 aliphatic carbocycles. The molecule has 0 aliphatic heterocycles. The molecule has 1 aliphatic rings. The lowest BCUT2D eigenvalue weighted by molar-refractivity contribution is 0.424. The predicted octanol–water partition coefficient (Wildman–Crippen LogP) is 4.18. The van der Waals surface area contributed by atoms with Gasteiger partial charge < -0.3 is 10.2 Å². The minimum absolute atomic E-state index is 0.161. The third kappa shape index (κ3) is 4.81. The third-order valence-electron chi connectivity index (χ3n) is 3.48. The fourth-order valence-corrected chi connectivity index (χ4v) is 2.85. The highest BCUT2D eigenvalue weighted by Crippen LogP contribution is 2.33. The minimum atomic E-state index is 0.161. The molecule has 0 unspecified atom stereocenters. The van der Waals surface area contributed by atoms with E-state index in [4.69, 9.17) is 0 Å². The Hall–Kier alpha value is -0.540. The number of nitrogens with one attached hydrogen (secondary N) is 1. The first-order chi connectivity index (χ1) is 8.85. The van der Waals surface area contributed by atoms with E-state index >= 15 is 0 Å². The monoisotopic (exact) mass is 324 g/mol. The van der Waals surface area contributed by atoms with Crippen molar-refractivity contribution in [1.82, 2.24) is 5.32 Å². The van der Waals surface area contributed by atoms with Gasteiger partial charge in [-0.1, -0.05) is 6.07 Å². The average molecular weight is 325 g/mol. The van der Waals surface area contributed by atoms with Crippen LogP contribution in [0.3, 0.4) is 0 Å². The van der Waals surface area contributed by atoms with Crippen molar-refractivity contribution >= 4 is 21.6 Å². The van der Waals surface area contributed by atoms with Crippen LogP contribution in [0.5, 0.6) is 0 Å². The summed E-state index contributed by atoms with van der Waals surface area (Å²) in [4.78, 5) is 2.36. The summed E-state index contributed by atoms with van der Waals surface area (Å²) in [5.74, 6) is 0.916. The highest BCUT2D eigenvalue weighted by atomic mass is 79.9. The SMILES string of the molecule is CN(CC1CC1)c1ccc(CNC(C)(C)C)cc1Br. The van der Waals surface area contributed by atoms with Crippen LogP contribution < -0.4 is 10.2 Å². The summed E-state index contributed by atoms with van der Waals surface area (Å²) < 4.78 is 1.20. The van der Waals surface area contributed by atoms with E-state index in [0.29, 0.717) is 0 Å². The van der Waals surface area contributed by atoms with E-state index in [1.54, 1.807) is 0 Å². The molecule has 1 N–H and O–H groups in total. The van der Waals surface area contributed by atoms with Crippen molar-refractivity contribution in [1.29, 1.82) is 0 Å². The Morgan fingerprint density at radius 3 is 2.53 bits per heavy atom. The topological polar surface area (TPSA) is 15.3 Å². The van der Waals surface area contributed by atoms with E-state index in [0.717, 1.165) is 12.5 Å². The fourth-order valence-electron chi connectivity index (χ4n) is 2.12. The smallest absolute Gasteiger partial charge is 0.0508 e. The Kier molecular flexibility index (Phi) is 4.57. The maximum absolute atomic E-state index is 3.71. The lowest BCUT2D eigenvalue weighted by atomic mass is 10.1. The van der Waals surface area contributed by atoms with Gasteiger partial charge in [0.25, 0.3) is 0 Å². The lowest BCUT2D eigenvalue weighted by Gasteiger charge is -2.23. The van der Waals surface area contributed by atoms with Gasteiger partial charge in [-0.3, -0.25) is 0 Å². The number of rotatable bonds is 5. The quantitative estimate of drug-likeness (QED) is 0.873. The van der Waals surface area contributed by atoms with Gasteiger partial charge in [0, 0.05) is 30.1 Å². The van der Waals surface area contributed by atoms with Gasteiger partial charge in [0.05, 0.1) is 5.69 Å². The third-order valence-corrected chi connectivity index (χ3v) is 4.11. The van der Waals surface area contributed by atoms with Crippen LogP contribution in [0, 0.1) is 5.92 Å².